The maximum absolute atomic E-state index is 6.61. The Morgan fingerprint density at radius 3 is 2.48 bits per heavy atom. The summed E-state index contributed by atoms with van der Waals surface area (Å²) in [6, 6.07) is 6.76. The fourth-order valence-corrected chi connectivity index (χ4v) is 4.86. The van der Waals surface area contributed by atoms with E-state index >= 15 is 0 Å². The maximum atomic E-state index is 6.61. The fraction of sp³-hybridized carbons (Fsp3) is 0.700. The Hall–Kier alpha value is -0.883. The van der Waals surface area contributed by atoms with Gasteiger partial charge in [-0.2, -0.15) is 0 Å². The molecular weight excluding hydrogens is 328 g/mol. The number of ether oxygens (including phenoxy) is 1. The zero-order chi connectivity index (χ0) is 18.2. The van der Waals surface area contributed by atoms with Crippen molar-refractivity contribution in [2.45, 2.75) is 77.1 Å². The highest BCUT2D eigenvalue weighted by Crippen LogP contribution is 2.38. The molecular formula is C20H34N2O2Si. The minimum atomic E-state index is -1.67. The summed E-state index contributed by atoms with van der Waals surface area (Å²) in [5.41, 5.74) is 9.81. The lowest BCUT2D eigenvalue weighted by atomic mass is 10.00. The molecule has 3 rings (SSSR count). The number of rotatable bonds is 3. The van der Waals surface area contributed by atoms with Crippen molar-refractivity contribution in [3.05, 3.63) is 29.3 Å². The molecule has 0 bridgehead atoms. The molecule has 1 fully saturated rings. The van der Waals surface area contributed by atoms with Crippen LogP contribution in [0.25, 0.3) is 0 Å². The number of hydrogen-bond donors (Lipinski definition) is 1. The molecule has 2 aliphatic rings. The number of fused-ring (bicyclic) bond motifs is 1. The molecule has 0 spiro atoms. The lowest BCUT2D eigenvalue weighted by molar-refractivity contribution is 0.0330. The van der Waals surface area contributed by atoms with Gasteiger partial charge in [-0.15, -0.1) is 0 Å². The number of piperidine rings is 1. The second-order valence-electron chi connectivity index (χ2n) is 9.07. The Balaban J connectivity index is 1.60. The zero-order valence-corrected chi connectivity index (χ0v) is 17.5. The minimum absolute atomic E-state index is 0.151. The van der Waals surface area contributed by atoms with E-state index in [1.807, 2.05) is 0 Å². The Labute approximate surface area is 153 Å². The van der Waals surface area contributed by atoms with Gasteiger partial charge in [0.1, 0.15) is 6.23 Å². The van der Waals surface area contributed by atoms with E-state index in [1.54, 1.807) is 0 Å². The van der Waals surface area contributed by atoms with Crippen molar-refractivity contribution >= 4 is 14.0 Å². The highest BCUT2D eigenvalue weighted by Gasteiger charge is 2.39. The van der Waals surface area contributed by atoms with Crippen molar-refractivity contribution in [1.82, 2.24) is 0 Å². The molecule has 2 heterocycles. The molecule has 1 aromatic rings. The molecule has 1 aromatic carbocycles. The summed E-state index contributed by atoms with van der Waals surface area (Å²) in [6.45, 7) is 14.4. The quantitative estimate of drug-likeness (QED) is 0.825. The van der Waals surface area contributed by atoms with Crippen molar-refractivity contribution in [3.63, 3.8) is 0 Å². The molecule has 1 saturated heterocycles. The first kappa shape index (κ1) is 18.9. The molecule has 2 aliphatic heterocycles. The van der Waals surface area contributed by atoms with Gasteiger partial charge in [-0.25, -0.2) is 0 Å². The molecule has 1 unspecified atom stereocenters. The predicted molar refractivity (Wildman–Crippen MR) is 106 cm³/mol. The number of hydrogen-bond acceptors (Lipinski definition) is 4. The van der Waals surface area contributed by atoms with Gasteiger partial charge < -0.3 is 19.8 Å². The zero-order valence-electron chi connectivity index (χ0n) is 16.5. The lowest BCUT2D eigenvalue weighted by Gasteiger charge is -2.42. The van der Waals surface area contributed by atoms with Gasteiger partial charge in [0.2, 0.25) is 0 Å². The van der Waals surface area contributed by atoms with Crippen LogP contribution in [0.2, 0.25) is 18.1 Å². The first-order valence-corrected chi connectivity index (χ1v) is 12.5. The number of anilines is 1. The summed E-state index contributed by atoms with van der Waals surface area (Å²) >= 11 is 0. The maximum Gasteiger partial charge on any atom is 0.192 e. The van der Waals surface area contributed by atoms with Crippen LogP contribution < -0.4 is 10.6 Å². The first-order chi connectivity index (χ1) is 11.7. The summed E-state index contributed by atoms with van der Waals surface area (Å²) in [4.78, 5) is 2.49. The number of benzene rings is 1. The van der Waals surface area contributed by atoms with Gasteiger partial charge in [-0.05, 0) is 54.2 Å². The Morgan fingerprint density at radius 2 is 1.84 bits per heavy atom. The summed E-state index contributed by atoms with van der Waals surface area (Å²) < 4.78 is 12.2. The fourth-order valence-electron chi connectivity index (χ4n) is 3.44. The number of nitrogens with two attached hydrogens (primary N) is 1. The summed E-state index contributed by atoms with van der Waals surface area (Å²) in [5, 5.41) is 0.281. The van der Waals surface area contributed by atoms with Crippen molar-refractivity contribution < 1.29 is 9.16 Å². The Bertz CT molecular complexity index is 604. The summed E-state index contributed by atoms with van der Waals surface area (Å²) in [7, 11) is -1.67. The van der Waals surface area contributed by atoms with Crippen LogP contribution in [0.15, 0.2) is 18.2 Å². The monoisotopic (exact) mass is 362 g/mol. The van der Waals surface area contributed by atoms with Crippen LogP contribution >= 0.6 is 0 Å². The van der Waals surface area contributed by atoms with Crippen LogP contribution in [0, 0.1) is 0 Å². The second-order valence-corrected chi connectivity index (χ2v) is 13.8. The topological polar surface area (TPSA) is 47.7 Å². The highest BCUT2D eigenvalue weighted by atomic mass is 28.4. The van der Waals surface area contributed by atoms with Gasteiger partial charge in [0.25, 0.3) is 0 Å². The van der Waals surface area contributed by atoms with E-state index in [2.05, 4.69) is 57.0 Å². The average Bonchev–Trinajstić information content (AvgIpc) is 2.53. The molecule has 2 N–H and O–H groups in total. The minimum Gasteiger partial charge on any atom is -0.414 e. The van der Waals surface area contributed by atoms with E-state index in [9.17, 15) is 0 Å². The van der Waals surface area contributed by atoms with E-state index in [0.29, 0.717) is 12.7 Å². The molecule has 25 heavy (non-hydrogen) atoms. The van der Waals surface area contributed by atoms with Crippen LogP contribution in [0.3, 0.4) is 0 Å². The van der Waals surface area contributed by atoms with E-state index in [-0.39, 0.29) is 11.3 Å². The molecule has 140 valence electrons. The molecule has 4 nitrogen and oxygen atoms in total. The summed E-state index contributed by atoms with van der Waals surface area (Å²) in [6.07, 6.45) is 3.31. The van der Waals surface area contributed by atoms with Crippen LogP contribution in [0.4, 0.5) is 5.69 Å². The van der Waals surface area contributed by atoms with Crippen molar-refractivity contribution in [3.8, 4) is 0 Å². The van der Waals surface area contributed by atoms with E-state index in [1.165, 1.54) is 16.8 Å². The second kappa shape index (κ2) is 7.03. The SMILES string of the molecule is CC(C)(C)[Si](C)(C)OC1CCN(c2ccc3c(c2)COC(N)C3)CC1. The van der Waals surface area contributed by atoms with Gasteiger partial charge in [-0.3, -0.25) is 0 Å². The normalized spacial score (nSPS) is 22.8. The molecule has 5 heteroatoms. The Morgan fingerprint density at radius 1 is 1.16 bits per heavy atom. The van der Waals surface area contributed by atoms with Gasteiger partial charge in [-0.1, -0.05) is 26.8 Å². The molecule has 0 aliphatic carbocycles. The highest BCUT2D eigenvalue weighted by molar-refractivity contribution is 6.74. The van der Waals surface area contributed by atoms with Gasteiger partial charge in [0.15, 0.2) is 8.32 Å². The first-order valence-electron chi connectivity index (χ1n) is 9.57. The molecule has 0 aromatic heterocycles. The van der Waals surface area contributed by atoms with E-state index in [4.69, 9.17) is 14.9 Å². The summed E-state index contributed by atoms with van der Waals surface area (Å²) in [5.74, 6) is 0. The van der Waals surface area contributed by atoms with E-state index in [0.717, 1.165) is 32.4 Å². The third kappa shape index (κ3) is 4.27. The third-order valence-electron chi connectivity index (χ3n) is 6.14. The van der Waals surface area contributed by atoms with Gasteiger partial charge in [0, 0.05) is 31.3 Å². The average molecular weight is 363 g/mol. The van der Waals surface area contributed by atoms with Crippen LogP contribution in [-0.4, -0.2) is 33.7 Å². The third-order valence-corrected chi connectivity index (χ3v) is 10.7. The van der Waals surface area contributed by atoms with Crippen LogP contribution in [0.5, 0.6) is 0 Å². The van der Waals surface area contributed by atoms with Crippen LogP contribution in [-0.2, 0) is 22.2 Å². The van der Waals surface area contributed by atoms with Crippen molar-refractivity contribution in [1.29, 1.82) is 0 Å². The molecule has 0 saturated carbocycles. The van der Waals surface area contributed by atoms with Crippen molar-refractivity contribution in [2.75, 3.05) is 18.0 Å². The smallest absolute Gasteiger partial charge is 0.192 e. The molecule has 0 amide bonds. The van der Waals surface area contributed by atoms with E-state index < -0.39 is 8.32 Å². The van der Waals surface area contributed by atoms with Crippen molar-refractivity contribution in [2.24, 2.45) is 5.73 Å². The standard InChI is InChI=1S/C20H34N2O2Si/c1-20(2,3)25(4,5)24-18-8-10-22(11-9-18)17-7-6-15-13-19(21)23-14-16(15)12-17/h6-7,12,18-19H,8-11,13-14,21H2,1-5H3. The van der Waals surface area contributed by atoms with Crippen LogP contribution in [0.1, 0.15) is 44.7 Å². The molecule has 1 atom stereocenters. The number of nitrogens with zero attached hydrogens (tertiary/aromatic N) is 1. The van der Waals surface area contributed by atoms with Gasteiger partial charge >= 0.3 is 0 Å². The lowest BCUT2D eigenvalue weighted by Crippen LogP contribution is -2.47. The van der Waals surface area contributed by atoms with Gasteiger partial charge in [0.05, 0.1) is 6.61 Å². The Kier molecular flexibility index (Phi) is 5.31. The predicted octanol–water partition coefficient (Wildman–Crippen LogP) is 4.03. The molecule has 0 radical (unpaired) electrons. The largest absolute Gasteiger partial charge is 0.414 e.